The van der Waals surface area contributed by atoms with Crippen LogP contribution in [0.25, 0.3) is 0 Å². The van der Waals surface area contributed by atoms with E-state index in [1.165, 1.54) is 0 Å². The van der Waals surface area contributed by atoms with Crippen molar-refractivity contribution in [1.29, 1.82) is 0 Å². The zero-order valence-electron chi connectivity index (χ0n) is 15.8. The predicted molar refractivity (Wildman–Crippen MR) is 97.7 cm³/mol. The molecule has 1 unspecified atom stereocenters. The molecule has 0 saturated heterocycles. The average molecular weight is 356 g/mol. The summed E-state index contributed by atoms with van der Waals surface area (Å²) in [4.78, 5) is 19.8. The van der Waals surface area contributed by atoms with E-state index in [1.54, 1.807) is 30.3 Å². The highest BCUT2D eigenvalue weighted by atomic mass is 16.4. The van der Waals surface area contributed by atoms with Crippen molar-refractivity contribution in [3.05, 3.63) is 35.9 Å². The Labute approximate surface area is 150 Å². The van der Waals surface area contributed by atoms with Crippen LogP contribution in [0, 0.1) is 11.3 Å². The number of aliphatic hydroxyl groups excluding tert-OH is 2. The zero-order chi connectivity index (χ0) is 20.0. The van der Waals surface area contributed by atoms with Crippen molar-refractivity contribution in [2.45, 2.75) is 53.6 Å². The highest BCUT2D eigenvalue weighted by Gasteiger charge is 2.28. The van der Waals surface area contributed by atoms with Crippen LogP contribution in [0.5, 0.6) is 0 Å². The molecule has 0 saturated carbocycles. The molecule has 0 fully saturated rings. The Hall–Kier alpha value is -1.92. The molecule has 1 atom stereocenters. The molecule has 1 aromatic rings. The SMILES string of the molecule is CC(C)C(O)C(C)(C)CO.CCCC(=O)O.O=C(O)c1ccccc1. The lowest BCUT2D eigenvalue weighted by molar-refractivity contribution is -0.137. The second-order valence-electron chi connectivity index (χ2n) is 6.65. The molecule has 1 aromatic carbocycles. The van der Waals surface area contributed by atoms with Crippen molar-refractivity contribution < 1.29 is 30.0 Å². The Morgan fingerprint density at radius 3 is 1.72 bits per heavy atom. The van der Waals surface area contributed by atoms with Gasteiger partial charge in [0.1, 0.15) is 0 Å². The van der Waals surface area contributed by atoms with Gasteiger partial charge in [0.2, 0.25) is 0 Å². The van der Waals surface area contributed by atoms with E-state index in [4.69, 9.17) is 15.3 Å². The summed E-state index contributed by atoms with van der Waals surface area (Å²) in [6, 6.07) is 8.30. The van der Waals surface area contributed by atoms with Gasteiger partial charge in [0, 0.05) is 11.8 Å². The lowest BCUT2D eigenvalue weighted by Crippen LogP contribution is -2.36. The molecule has 144 valence electrons. The van der Waals surface area contributed by atoms with Gasteiger partial charge in [-0.1, -0.05) is 52.8 Å². The van der Waals surface area contributed by atoms with E-state index in [2.05, 4.69) is 0 Å². The monoisotopic (exact) mass is 356 g/mol. The van der Waals surface area contributed by atoms with Crippen molar-refractivity contribution in [2.75, 3.05) is 6.61 Å². The minimum atomic E-state index is -0.879. The molecular formula is C19H32O6. The van der Waals surface area contributed by atoms with Crippen molar-refractivity contribution in [3.63, 3.8) is 0 Å². The minimum absolute atomic E-state index is 0.0341. The van der Waals surface area contributed by atoms with Gasteiger partial charge >= 0.3 is 11.9 Å². The summed E-state index contributed by atoms with van der Waals surface area (Å²) in [7, 11) is 0. The quantitative estimate of drug-likeness (QED) is 0.622. The largest absolute Gasteiger partial charge is 0.481 e. The summed E-state index contributed by atoms with van der Waals surface area (Å²) in [5.74, 6) is -1.38. The molecule has 0 radical (unpaired) electrons. The summed E-state index contributed by atoms with van der Waals surface area (Å²) in [5, 5.41) is 34.6. The van der Waals surface area contributed by atoms with E-state index in [1.807, 2.05) is 34.6 Å². The third-order valence-electron chi connectivity index (χ3n) is 3.32. The molecule has 6 heteroatoms. The number of carboxylic acids is 2. The summed E-state index contributed by atoms with van der Waals surface area (Å²) in [6.45, 7) is 9.49. The molecule has 0 amide bonds. The number of benzene rings is 1. The Morgan fingerprint density at radius 2 is 1.56 bits per heavy atom. The van der Waals surface area contributed by atoms with Crippen LogP contribution in [0.4, 0.5) is 0 Å². The van der Waals surface area contributed by atoms with Gasteiger partial charge in [-0.2, -0.15) is 0 Å². The van der Waals surface area contributed by atoms with Gasteiger partial charge < -0.3 is 20.4 Å². The number of rotatable bonds is 6. The topological polar surface area (TPSA) is 115 Å². The standard InChI is InChI=1S/C8H18O2.C7H6O2.C4H8O2/c1-6(2)7(10)8(3,4)5-9;8-7(9)6-4-2-1-3-5-6;1-2-3-4(5)6/h6-7,9-10H,5H2,1-4H3;1-5H,(H,8,9);2-3H2,1H3,(H,5,6). The maximum Gasteiger partial charge on any atom is 0.335 e. The second kappa shape index (κ2) is 13.4. The van der Waals surface area contributed by atoms with Gasteiger partial charge in [0.15, 0.2) is 0 Å². The number of hydrogen-bond donors (Lipinski definition) is 4. The molecule has 0 aromatic heterocycles. The van der Waals surface area contributed by atoms with Gasteiger partial charge in [-0.3, -0.25) is 4.79 Å². The number of aromatic carboxylic acids is 1. The molecule has 6 nitrogen and oxygen atoms in total. The van der Waals surface area contributed by atoms with E-state index in [0.717, 1.165) is 6.42 Å². The Balaban J connectivity index is 0. The fourth-order valence-corrected chi connectivity index (χ4v) is 1.79. The first-order chi connectivity index (χ1) is 11.5. The molecular weight excluding hydrogens is 324 g/mol. The molecule has 0 bridgehead atoms. The molecule has 25 heavy (non-hydrogen) atoms. The number of carboxylic acid groups (broad SMARTS) is 2. The number of aliphatic hydroxyl groups is 2. The first-order valence-corrected chi connectivity index (χ1v) is 8.28. The van der Waals surface area contributed by atoms with E-state index < -0.39 is 18.0 Å². The maximum atomic E-state index is 10.2. The van der Waals surface area contributed by atoms with Gasteiger partial charge in [-0.25, -0.2) is 4.79 Å². The molecule has 1 rings (SSSR count). The highest BCUT2D eigenvalue weighted by molar-refractivity contribution is 5.87. The average Bonchev–Trinajstić information content (AvgIpc) is 2.55. The summed E-state index contributed by atoms with van der Waals surface area (Å²) in [5.41, 5.74) is -0.0359. The van der Waals surface area contributed by atoms with Crippen LogP contribution in [-0.2, 0) is 4.79 Å². The van der Waals surface area contributed by atoms with Crippen LogP contribution in [0.15, 0.2) is 30.3 Å². The van der Waals surface area contributed by atoms with Crippen molar-refractivity contribution in [2.24, 2.45) is 11.3 Å². The van der Waals surface area contributed by atoms with Gasteiger partial charge in [-0.05, 0) is 24.5 Å². The van der Waals surface area contributed by atoms with Crippen LogP contribution in [0.1, 0.15) is 57.8 Å². The number of aliphatic carboxylic acids is 1. The maximum absolute atomic E-state index is 10.2. The van der Waals surface area contributed by atoms with E-state index in [9.17, 15) is 14.7 Å². The molecule has 0 aliphatic heterocycles. The van der Waals surface area contributed by atoms with Crippen LogP contribution < -0.4 is 0 Å². The van der Waals surface area contributed by atoms with E-state index >= 15 is 0 Å². The Bertz CT molecular complexity index is 482. The zero-order valence-corrected chi connectivity index (χ0v) is 15.8. The highest BCUT2D eigenvalue weighted by Crippen LogP contribution is 2.24. The van der Waals surface area contributed by atoms with Crippen LogP contribution in [0.2, 0.25) is 0 Å². The number of carbonyl (C=O) groups is 2. The van der Waals surface area contributed by atoms with Crippen LogP contribution in [-0.4, -0.2) is 45.1 Å². The van der Waals surface area contributed by atoms with Crippen LogP contribution >= 0.6 is 0 Å². The fourth-order valence-electron chi connectivity index (χ4n) is 1.79. The summed E-state index contributed by atoms with van der Waals surface area (Å²) in [6.07, 6.45) is 0.604. The van der Waals surface area contributed by atoms with Crippen molar-refractivity contribution in [1.82, 2.24) is 0 Å². The normalized spacial score (nSPS) is 11.5. The summed E-state index contributed by atoms with van der Waals surface area (Å²) >= 11 is 0. The molecule has 0 aliphatic rings. The number of hydrogen-bond acceptors (Lipinski definition) is 4. The fraction of sp³-hybridized carbons (Fsp3) is 0.579. The molecule has 0 heterocycles. The molecule has 4 N–H and O–H groups in total. The van der Waals surface area contributed by atoms with Crippen molar-refractivity contribution in [3.8, 4) is 0 Å². The van der Waals surface area contributed by atoms with Gasteiger partial charge in [0.05, 0.1) is 18.3 Å². The first-order valence-electron chi connectivity index (χ1n) is 8.28. The van der Waals surface area contributed by atoms with Gasteiger partial charge in [-0.15, -0.1) is 0 Å². The minimum Gasteiger partial charge on any atom is -0.481 e. The second-order valence-corrected chi connectivity index (χ2v) is 6.65. The van der Waals surface area contributed by atoms with E-state index in [-0.39, 0.29) is 17.9 Å². The van der Waals surface area contributed by atoms with E-state index in [0.29, 0.717) is 12.0 Å². The third-order valence-corrected chi connectivity index (χ3v) is 3.32. The smallest absolute Gasteiger partial charge is 0.335 e. The Morgan fingerprint density at radius 1 is 1.08 bits per heavy atom. The lowest BCUT2D eigenvalue weighted by Gasteiger charge is -2.30. The first kappa shape index (κ1) is 25.3. The Kier molecular flexibility index (Phi) is 13.6. The molecule has 0 aliphatic carbocycles. The molecule has 0 spiro atoms. The predicted octanol–water partition coefficient (Wildman–Crippen LogP) is 3.28. The third kappa shape index (κ3) is 13.1. The van der Waals surface area contributed by atoms with Gasteiger partial charge in [0.25, 0.3) is 0 Å². The lowest BCUT2D eigenvalue weighted by atomic mass is 9.82. The van der Waals surface area contributed by atoms with Crippen molar-refractivity contribution >= 4 is 11.9 Å². The summed E-state index contributed by atoms with van der Waals surface area (Å²) < 4.78 is 0. The van der Waals surface area contributed by atoms with Crippen LogP contribution in [0.3, 0.4) is 0 Å².